The van der Waals surface area contributed by atoms with Gasteiger partial charge in [-0.25, -0.2) is 0 Å². The number of nitrogens with zero attached hydrogens (tertiary/aromatic N) is 1. The van der Waals surface area contributed by atoms with E-state index in [0.29, 0.717) is 28.1 Å². The fourth-order valence-electron chi connectivity index (χ4n) is 2.26. The van der Waals surface area contributed by atoms with Crippen molar-refractivity contribution < 1.29 is 28.6 Å². The van der Waals surface area contributed by atoms with Crippen LogP contribution in [-0.2, 0) is 14.3 Å². The van der Waals surface area contributed by atoms with Crippen molar-refractivity contribution >= 4 is 50.9 Å². The van der Waals surface area contributed by atoms with E-state index in [2.05, 4.69) is 15.9 Å². The van der Waals surface area contributed by atoms with Crippen LogP contribution in [0.1, 0.15) is 19.4 Å². The Kier molecular flexibility index (Phi) is 7.10. The first-order valence-corrected chi connectivity index (χ1v) is 9.43. The van der Waals surface area contributed by atoms with E-state index in [1.165, 1.54) is 7.11 Å². The van der Waals surface area contributed by atoms with Crippen LogP contribution in [0.4, 0.5) is 4.79 Å². The first-order valence-electron chi connectivity index (χ1n) is 7.82. The van der Waals surface area contributed by atoms with Crippen molar-refractivity contribution in [3.63, 3.8) is 0 Å². The molecule has 140 valence electrons. The monoisotopic (exact) mass is 443 g/mol. The molecule has 1 aliphatic rings. The smallest absolute Gasteiger partial charge is 0.326 e. The molecule has 2 amide bonds. The molecule has 26 heavy (non-hydrogen) atoms. The third kappa shape index (κ3) is 4.59. The fraction of sp³-hybridized carbons (Fsp3) is 0.353. The van der Waals surface area contributed by atoms with Crippen molar-refractivity contribution in [2.75, 3.05) is 26.9 Å². The molecule has 0 aliphatic carbocycles. The number of hydrogen-bond donors (Lipinski definition) is 0. The number of carbonyl (C=O) groups excluding carboxylic acids is 3. The van der Waals surface area contributed by atoms with Crippen LogP contribution < -0.4 is 9.47 Å². The number of esters is 1. The van der Waals surface area contributed by atoms with Crippen LogP contribution in [0.25, 0.3) is 6.08 Å². The van der Waals surface area contributed by atoms with Crippen molar-refractivity contribution in [1.29, 1.82) is 0 Å². The van der Waals surface area contributed by atoms with Crippen molar-refractivity contribution in [2.45, 2.75) is 13.8 Å². The number of benzene rings is 1. The Morgan fingerprint density at radius 3 is 2.62 bits per heavy atom. The zero-order chi connectivity index (χ0) is 19.3. The molecule has 0 aromatic heterocycles. The van der Waals surface area contributed by atoms with E-state index in [1.54, 1.807) is 25.1 Å². The fourth-order valence-corrected chi connectivity index (χ4v) is 3.72. The number of methoxy groups -OCH3 is 1. The van der Waals surface area contributed by atoms with Crippen molar-refractivity contribution in [2.24, 2.45) is 0 Å². The van der Waals surface area contributed by atoms with E-state index >= 15 is 0 Å². The van der Waals surface area contributed by atoms with Crippen LogP contribution >= 0.6 is 27.7 Å². The molecule has 0 N–H and O–H groups in total. The summed E-state index contributed by atoms with van der Waals surface area (Å²) in [7, 11) is 1.53. The average molecular weight is 444 g/mol. The second-order valence-electron chi connectivity index (χ2n) is 5.04. The normalized spacial score (nSPS) is 15.5. The molecule has 0 radical (unpaired) electrons. The predicted molar refractivity (Wildman–Crippen MR) is 101 cm³/mol. The highest BCUT2D eigenvalue weighted by atomic mass is 79.9. The first kappa shape index (κ1) is 20.3. The Morgan fingerprint density at radius 1 is 1.27 bits per heavy atom. The van der Waals surface area contributed by atoms with Crippen molar-refractivity contribution in [3.8, 4) is 11.5 Å². The first-order chi connectivity index (χ1) is 12.4. The molecule has 1 saturated heterocycles. The van der Waals surface area contributed by atoms with Crippen LogP contribution in [0.3, 0.4) is 0 Å². The minimum absolute atomic E-state index is 0.185. The van der Waals surface area contributed by atoms with Crippen LogP contribution in [0, 0.1) is 0 Å². The molecule has 1 heterocycles. The quantitative estimate of drug-likeness (QED) is 0.471. The van der Waals surface area contributed by atoms with Gasteiger partial charge in [-0.3, -0.25) is 19.3 Å². The number of imide groups is 1. The topological polar surface area (TPSA) is 82.1 Å². The summed E-state index contributed by atoms with van der Waals surface area (Å²) in [5, 5.41) is -0.507. The van der Waals surface area contributed by atoms with E-state index in [1.807, 2.05) is 6.92 Å². The minimum Gasteiger partial charge on any atom is -0.492 e. The Balaban J connectivity index is 2.28. The van der Waals surface area contributed by atoms with E-state index < -0.39 is 23.7 Å². The third-order valence-corrected chi connectivity index (χ3v) is 4.80. The van der Waals surface area contributed by atoms with Crippen molar-refractivity contribution in [3.05, 3.63) is 27.1 Å². The molecular weight excluding hydrogens is 426 g/mol. The Hall–Kier alpha value is -2.00. The van der Waals surface area contributed by atoms with E-state index in [9.17, 15) is 14.4 Å². The number of halogens is 1. The zero-order valence-corrected chi connectivity index (χ0v) is 16.9. The summed E-state index contributed by atoms with van der Waals surface area (Å²) >= 11 is 4.18. The van der Waals surface area contributed by atoms with Gasteiger partial charge < -0.3 is 14.2 Å². The Labute approximate surface area is 163 Å². The Bertz CT molecular complexity index is 764. The molecule has 1 aliphatic heterocycles. The van der Waals surface area contributed by atoms with Crippen molar-refractivity contribution in [1.82, 2.24) is 4.90 Å². The average Bonchev–Trinajstić information content (AvgIpc) is 2.83. The molecule has 0 unspecified atom stereocenters. The lowest BCUT2D eigenvalue weighted by Gasteiger charge is -2.12. The highest BCUT2D eigenvalue weighted by Crippen LogP contribution is 2.39. The van der Waals surface area contributed by atoms with Gasteiger partial charge in [0.25, 0.3) is 11.1 Å². The largest absolute Gasteiger partial charge is 0.492 e. The lowest BCUT2D eigenvalue weighted by molar-refractivity contribution is -0.145. The van der Waals surface area contributed by atoms with Gasteiger partial charge in [-0.15, -0.1) is 0 Å². The molecule has 1 aromatic carbocycles. The maximum absolute atomic E-state index is 12.4. The molecule has 2 rings (SSSR count). The van der Waals surface area contributed by atoms with E-state index in [-0.39, 0.29) is 11.5 Å². The summed E-state index contributed by atoms with van der Waals surface area (Å²) in [6.45, 7) is 3.74. The number of carbonyl (C=O) groups is 3. The standard InChI is InChI=1S/C17H18BrNO6S/c1-4-24-12-7-10(6-11(18)15(12)23-3)8-13-16(21)19(17(22)26-13)9-14(20)25-5-2/h6-8H,4-5,9H2,1-3H3/b13-8+. The SMILES string of the molecule is CCOC(=O)CN1C(=O)S/C(=C/c2cc(Br)c(OC)c(OCC)c2)C1=O. The summed E-state index contributed by atoms with van der Waals surface area (Å²) in [4.78, 5) is 37.1. The Morgan fingerprint density at radius 2 is 2.00 bits per heavy atom. The summed E-state index contributed by atoms with van der Waals surface area (Å²) in [6.07, 6.45) is 1.57. The van der Waals surface area contributed by atoms with Gasteiger partial charge in [-0.1, -0.05) is 0 Å². The third-order valence-electron chi connectivity index (χ3n) is 3.30. The highest BCUT2D eigenvalue weighted by Gasteiger charge is 2.36. The molecule has 9 heteroatoms. The van der Waals surface area contributed by atoms with Gasteiger partial charge in [-0.2, -0.15) is 0 Å². The van der Waals surface area contributed by atoms with Gasteiger partial charge in [0.1, 0.15) is 6.54 Å². The lowest BCUT2D eigenvalue weighted by Crippen LogP contribution is -2.34. The molecule has 0 atom stereocenters. The van der Waals surface area contributed by atoms with Crippen LogP contribution in [0.15, 0.2) is 21.5 Å². The number of amides is 2. The summed E-state index contributed by atoms with van der Waals surface area (Å²) < 4.78 is 16.3. The maximum Gasteiger partial charge on any atom is 0.326 e. The molecule has 0 bridgehead atoms. The van der Waals surface area contributed by atoms with Crippen LogP contribution in [0.2, 0.25) is 0 Å². The summed E-state index contributed by atoms with van der Waals surface area (Å²) in [5.74, 6) is -0.0966. The zero-order valence-electron chi connectivity index (χ0n) is 14.5. The van der Waals surface area contributed by atoms with Gasteiger partial charge in [0.15, 0.2) is 11.5 Å². The van der Waals surface area contributed by atoms with Crippen LogP contribution in [0.5, 0.6) is 11.5 Å². The predicted octanol–water partition coefficient (Wildman–Crippen LogP) is 3.46. The molecular formula is C17H18BrNO6S. The molecule has 1 fully saturated rings. The second kappa shape index (κ2) is 9.09. The lowest BCUT2D eigenvalue weighted by atomic mass is 10.2. The minimum atomic E-state index is -0.623. The van der Waals surface area contributed by atoms with Gasteiger partial charge in [-0.05, 0) is 65.3 Å². The number of hydrogen-bond acceptors (Lipinski definition) is 7. The summed E-state index contributed by atoms with van der Waals surface area (Å²) in [5.41, 5.74) is 0.655. The van der Waals surface area contributed by atoms with Gasteiger partial charge in [0, 0.05) is 0 Å². The molecule has 7 nitrogen and oxygen atoms in total. The highest BCUT2D eigenvalue weighted by molar-refractivity contribution is 9.10. The number of thioether (sulfide) groups is 1. The van der Waals surface area contributed by atoms with Gasteiger partial charge in [0.05, 0.1) is 29.7 Å². The number of ether oxygens (including phenoxy) is 3. The molecule has 0 spiro atoms. The van der Waals surface area contributed by atoms with Crippen LogP contribution in [-0.4, -0.2) is 48.9 Å². The van der Waals surface area contributed by atoms with Gasteiger partial charge >= 0.3 is 5.97 Å². The number of rotatable bonds is 7. The molecule has 0 saturated carbocycles. The van der Waals surface area contributed by atoms with E-state index in [4.69, 9.17) is 14.2 Å². The second-order valence-corrected chi connectivity index (χ2v) is 6.89. The van der Waals surface area contributed by atoms with Gasteiger partial charge in [0.2, 0.25) is 0 Å². The van der Waals surface area contributed by atoms with E-state index in [0.717, 1.165) is 16.7 Å². The summed E-state index contributed by atoms with van der Waals surface area (Å²) in [6, 6.07) is 3.47. The molecule has 1 aromatic rings. The maximum atomic E-state index is 12.4.